The normalized spacial score (nSPS) is 17.2. The van der Waals surface area contributed by atoms with Gasteiger partial charge in [-0.3, -0.25) is 4.79 Å². The van der Waals surface area contributed by atoms with Crippen LogP contribution in [0.25, 0.3) is 11.0 Å². The molecule has 2 heterocycles. The number of nitrogens with one attached hydrogen (secondary N) is 1. The number of aromatic nitrogens is 2. The third-order valence-electron chi connectivity index (χ3n) is 4.84. The Hall–Kier alpha value is -3.03. The van der Waals surface area contributed by atoms with Crippen LogP contribution in [0.1, 0.15) is 30.3 Å². The van der Waals surface area contributed by atoms with Crippen LogP contribution in [0.15, 0.2) is 48.5 Å². The van der Waals surface area contributed by atoms with Gasteiger partial charge >= 0.3 is 6.18 Å². The van der Waals surface area contributed by atoms with Crippen LogP contribution in [0.3, 0.4) is 0 Å². The van der Waals surface area contributed by atoms with E-state index in [4.69, 9.17) is 4.74 Å². The van der Waals surface area contributed by atoms with Crippen LogP contribution in [-0.2, 0) is 11.0 Å². The molecule has 1 N–H and O–H groups in total. The molecule has 0 radical (unpaired) electrons. The van der Waals surface area contributed by atoms with Gasteiger partial charge in [-0.25, -0.2) is 4.98 Å². The maximum absolute atomic E-state index is 13.1. The molecule has 2 aromatic carbocycles. The van der Waals surface area contributed by atoms with Gasteiger partial charge in [0.15, 0.2) is 6.61 Å². The number of fused-ring (bicyclic) bond motifs is 1. The minimum absolute atomic E-state index is 0.235. The first-order valence-corrected chi connectivity index (χ1v) is 8.96. The Labute approximate surface area is 159 Å². The number of ether oxygens (including phenoxy) is 1. The second-order valence-corrected chi connectivity index (χ2v) is 6.67. The lowest BCUT2D eigenvalue weighted by molar-refractivity contribution is -0.141. The number of hydrogen-bond donors (Lipinski definition) is 1. The van der Waals surface area contributed by atoms with Crippen LogP contribution in [0.5, 0.6) is 5.75 Å². The highest BCUT2D eigenvalue weighted by Gasteiger charge is 2.35. The van der Waals surface area contributed by atoms with Crippen molar-refractivity contribution < 1.29 is 22.7 Å². The van der Waals surface area contributed by atoms with Gasteiger partial charge in [-0.15, -0.1) is 0 Å². The van der Waals surface area contributed by atoms with E-state index in [0.717, 1.165) is 29.9 Å². The van der Waals surface area contributed by atoms with E-state index in [0.29, 0.717) is 12.4 Å². The predicted octanol–water partition coefficient (Wildman–Crippen LogP) is 4.32. The number of aromatic amines is 1. The van der Waals surface area contributed by atoms with Gasteiger partial charge in [0.25, 0.3) is 5.91 Å². The molecule has 0 spiro atoms. The number of alkyl halides is 3. The maximum atomic E-state index is 13.1. The fourth-order valence-electron chi connectivity index (χ4n) is 3.53. The fourth-order valence-corrected chi connectivity index (χ4v) is 3.53. The molecular formula is C20H18F3N3O2. The van der Waals surface area contributed by atoms with E-state index in [9.17, 15) is 18.0 Å². The van der Waals surface area contributed by atoms with Crippen molar-refractivity contribution in [3.05, 3.63) is 59.9 Å². The van der Waals surface area contributed by atoms with Crippen molar-refractivity contribution in [2.24, 2.45) is 0 Å². The lowest BCUT2D eigenvalue weighted by atomic mass is 10.2. The van der Waals surface area contributed by atoms with Crippen molar-refractivity contribution in [2.75, 3.05) is 13.2 Å². The highest BCUT2D eigenvalue weighted by Crippen LogP contribution is 2.36. The number of carbonyl (C=O) groups is 1. The summed E-state index contributed by atoms with van der Waals surface area (Å²) in [5, 5.41) is 0. The summed E-state index contributed by atoms with van der Waals surface area (Å²) in [4.78, 5) is 22.1. The lowest BCUT2D eigenvalue weighted by Gasteiger charge is -2.23. The second-order valence-electron chi connectivity index (χ2n) is 6.67. The van der Waals surface area contributed by atoms with Crippen LogP contribution in [-0.4, -0.2) is 33.9 Å². The zero-order valence-electron chi connectivity index (χ0n) is 14.9. The largest absolute Gasteiger partial charge is 0.483 e. The van der Waals surface area contributed by atoms with Gasteiger partial charge in [0.2, 0.25) is 0 Å². The number of nitrogens with zero attached hydrogens (tertiary/aromatic N) is 2. The molecule has 1 amide bonds. The Bertz CT molecular complexity index is 967. The van der Waals surface area contributed by atoms with Crippen molar-refractivity contribution >= 4 is 16.9 Å². The van der Waals surface area contributed by atoms with E-state index >= 15 is 0 Å². The number of carbonyl (C=O) groups excluding carboxylic acids is 1. The van der Waals surface area contributed by atoms with Crippen LogP contribution in [0.2, 0.25) is 0 Å². The number of benzene rings is 2. The summed E-state index contributed by atoms with van der Waals surface area (Å²) in [6.45, 7) is 0.0641. The third-order valence-corrected chi connectivity index (χ3v) is 4.84. The van der Waals surface area contributed by atoms with Crippen LogP contribution in [0, 0.1) is 0 Å². The maximum Gasteiger partial charge on any atom is 0.419 e. The summed E-state index contributed by atoms with van der Waals surface area (Å²) in [6.07, 6.45) is -3.00. The van der Waals surface area contributed by atoms with E-state index in [1.165, 1.54) is 18.2 Å². The third kappa shape index (κ3) is 3.54. The topological polar surface area (TPSA) is 58.2 Å². The molecule has 1 aromatic heterocycles. The van der Waals surface area contributed by atoms with E-state index in [2.05, 4.69) is 9.97 Å². The Kier molecular flexibility index (Phi) is 4.70. The number of rotatable bonds is 4. The van der Waals surface area contributed by atoms with Crippen molar-refractivity contribution in [3.8, 4) is 5.75 Å². The number of halogens is 3. The van der Waals surface area contributed by atoms with Crippen LogP contribution >= 0.6 is 0 Å². The summed E-state index contributed by atoms with van der Waals surface area (Å²) < 4.78 is 44.5. The van der Waals surface area contributed by atoms with Gasteiger partial charge < -0.3 is 14.6 Å². The summed E-state index contributed by atoms with van der Waals surface area (Å²) >= 11 is 0. The molecule has 1 atom stereocenters. The molecule has 0 saturated carbocycles. The summed E-state index contributed by atoms with van der Waals surface area (Å²) in [6, 6.07) is 12.2. The summed E-state index contributed by atoms with van der Waals surface area (Å²) in [5.74, 6) is -0.0227. The molecule has 3 aromatic rings. The van der Waals surface area contributed by atoms with Gasteiger partial charge in [-0.05, 0) is 37.1 Å². The quantitative estimate of drug-likeness (QED) is 0.723. The highest BCUT2D eigenvalue weighted by atomic mass is 19.4. The molecule has 8 heteroatoms. The van der Waals surface area contributed by atoms with Gasteiger partial charge in [-0.1, -0.05) is 24.3 Å². The van der Waals surface area contributed by atoms with Gasteiger partial charge in [0.05, 0.1) is 22.6 Å². The first kappa shape index (κ1) is 18.3. The number of hydrogen-bond acceptors (Lipinski definition) is 3. The Balaban J connectivity index is 1.49. The molecule has 0 aliphatic carbocycles. The minimum atomic E-state index is -4.54. The van der Waals surface area contributed by atoms with Crippen LogP contribution < -0.4 is 4.74 Å². The molecule has 1 fully saturated rings. The molecule has 0 unspecified atom stereocenters. The van der Waals surface area contributed by atoms with Crippen molar-refractivity contribution in [1.82, 2.24) is 14.9 Å². The fraction of sp³-hybridized carbons (Fsp3) is 0.300. The van der Waals surface area contributed by atoms with E-state index < -0.39 is 18.3 Å². The number of likely N-dealkylation sites (tertiary alicyclic amines) is 1. The molecule has 4 rings (SSSR count). The molecule has 1 aliphatic rings. The first-order chi connectivity index (χ1) is 13.4. The SMILES string of the molecule is O=C(COc1ccccc1C(F)(F)F)N1CCC[C@@H]1c1nc2ccccc2[nH]1. The van der Waals surface area contributed by atoms with Gasteiger partial charge in [0.1, 0.15) is 11.6 Å². The van der Waals surface area contributed by atoms with E-state index in [-0.39, 0.29) is 17.7 Å². The van der Waals surface area contributed by atoms with E-state index in [1.807, 2.05) is 24.3 Å². The molecule has 1 aliphatic heterocycles. The molecule has 146 valence electrons. The zero-order chi connectivity index (χ0) is 19.7. The monoisotopic (exact) mass is 389 g/mol. The molecular weight excluding hydrogens is 371 g/mol. The second kappa shape index (κ2) is 7.18. The number of amides is 1. The zero-order valence-corrected chi connectivity index (χ0v) is 14.9. The average Bonchev–Trinajstić information content (AvgIpc) is 3.32. The summed E-state index contributed by atoms with van der Waals surface area (Å²) in [7, 11) is 0. The Morgan fingerprint density at radius 2 is 1.93 bits per heavy atom. The predicted molar refractivity (Wildman–Crippen MR) is 96.7 cm³/mol. The Morgan fingerprint density at radius 3 is 2.71 bits per heavy atom. The average molecular weight is 389 g/mol. The van der Waals surface area contributed by atoms with E-state index in [1.54, 1.807) is 4.90 Å². The molecule has 5 nitrogen and oxygen atoms in total. The smallest absolute Gasteiger partial charge is 0.419 e. The number of imidazole rings is 1. The van der Waals surface area contributed by atoms with Crippen molar-refractivity contribution in [2.45, 2.75) is 25.1 Å². The number of para-hydroxylation sites is 3. The molecule has 28 heavy (non-hydrogen) atoms. The van der Waals surface area contributed by atoms with Gasteiger partial charge in [-0.2, -0.15) is 13.2 Å². The highest BCUT2D eigenvalue weighted by molar-refractivity contribution is 5.79. The van der Waals surface area contributed by atoms with Crippen molar-refractivity contribution in [3.63, 3.8) is 0 Å². The minimum Gasteiger partial charge on any atom is -0.483 e. The van der Waals surface area contributed by atoms with Crippen LogP contribution in [0.4, 0.5) is 13.2 Å². The molecule has 1 saturated heterocycles. The number of H-pyrrole nitrogens is 1. The van der Waals surface area contributed by atoms with Gasteiger partial charge in [0, 0.05) is 6.54 Å². The van der Waals surface area contributed by atoms with Crippen molar-refractivity contribution in [1.29, 1.82) is 0 Å². The lowest BCUT2D eigenvalue weighted by Crippen LogP contribution is -2.35. The molecule has 0 bridgehead atoms. The first-order valence-electron chi connectivity index (χ1n) is 8.96. The standard InChI is InChI=1S/C20H18F3N3O2/c21-20(22,23)13-6-1-4-10-17(13)28-12-18(27)26-11-5-9-16(26)19-24-14-7-2-3-8-15(14)25-19/h1-4,6-8,10,16H,5,9,11-12H2,(H,24,25)/t16-/m1/s1. The Morgan fingerprint density at radius 1 is 1.18 bits per heavy atom. The summed E-state index contributed by atoms with van der Waals surface area (Å²) in [5.41, 5.74) is 0.803.